The highest BCUT2D eigenvalue weighted by molar-refractivity contribution is 7.09. The summed E-state index contributed by atoms with van der Waals surface area (Å²) in [6, 6.07) is 5.54. The van der Waals surface area contributed by atoms with E-state index in [-0.39, 0.29) is 6.10 Å². The maximum Gasteiger partial charge on any atom is 0.241 e. The minimum absolute atomic E-state index is 0.0132. The van der Waals surface area contributed by atoms with Crippen LogP contribution in [0.2, 0.25) is 0 Å². The number of methoxy groups -OCH3 is 2. The molecule has 0 amide bonds. The van der Waals surface area contributed by atoms with Gasteiger partial charge in [0.2, 0.25) is 11.7 Å². The van der Waals surface area contributed by atoms with Gasteiger partial charge in [-0.05, 0) is 25.1 Å². The number of aryl methyl sites for hydroxylation is 1. The molecule has 1 atom stereocenters. The van der Waals surface area contributed by atoms with Gasteiger partial charge >= 0.3 is 0 Å². The zero-order valence-electron chi connectivity index (χ0n) is 16.0. The van der Waals surface area contributed by atoms with Crippen LogP contribution in [0.4, 0.5) is 0 Å². The average Bonchev–Trinajstić information content (AvgIpc) is 3.37. The third-order valence-corrected chi connectivity index (χ3v) is 5.59. The smallest absolute Gasteiger partial charge is 0.241 e. The molecule has 0 bridgehead atoms. The van der Waals surface area contributed by atoms with E-state index in [9.17, 15) is 0 Å². The fourth-order valence-electron chi connectivity index (χ4n) is 3.12. The van der Waals surface area contributed by atoms with Gasteiger partial charge in [-0.25, -0.2) is 4.98 Å². The summed E-state index contributed by atoms with van der Waals surface area (Å²) in [6.07, 6.45) is -0.0132. The molecule has 2 aromatic heterocycles. The summed E-state index contributed by atoms with van der Waals surface area (Å²) in [5, 5.41) is 7.17. The molecule has 3 heterocycles. The van der Waals surface area contributed by atoms with Crippen molar-refractivity contribution in [2.75, 3.05) is 33.9 Å². The van der Waals surface area contributed by atoms with Crippen molar-refractivity contribution in [2.24, 2.45) is 0 Å². The van der Waals surface area contributed by atoms with Crippen molar-refractivity contribution in [1.29, 1.82) is 0 Å². The Morgan fingerprint density at radius 2 is 2.07 bits per heavy atom. The van der Waals surface area contributed by atoms with Crippen molar-refractivity contribution in [2.45, 2.75) is 19.6 Å². The summed E-state index contributed by atoms with van der Waals surface area (Å²) in [4.78, 5) is 11.3. The van der Waals surface area contributed by atoms with Gasteiger partial charge < -0.3 is 18.7 Å². The molecule has 9 heteroatoms. The van der Waals surface area contributed by atoms with E-state index >= 15 is 0 Å². The fourth-order valence-corrected chi connectivity index (χ4v) is 3.95. The van der Waals surface area contributed by atoms with Gasteiger partial charge in [0.15, 0.2) is 11.5 Å². The van der Waals surface area contributed by atoms with Crippen LogP contribution in [0.3, 0.4) is 0 Å². The third kappa shape index (κ3) is 4.01. The van der Waals surface area contributed by atoms with Crippen molar-refractivity contribution in [1.82, 2.24) is 20.0 Å². The van der Waals surface area contributed by atoms with Gasteiger partial charge in [0.05, 0.1) is 27.4 Å². The third-order valence-electron chi connectivity index (χ3n) is 4.53. The van der Waals surface area contributed by atoms with Gasteiger partial charge in [-0.1, -0.05) is 5.16 Å². The molecule has 28 heavy (non-hydrogen) atoms. The molecule has 0 aliphatic carbocycles. The first-order valence-corrected chi connectivity index (χ1v) is 9.85. The van der Waals surface area contributed by atoms with E-state index in [1.807, 2.05) is 30.5 Å². The Balaban J connectivity index is 1.44. The number of nitrogens with zero attached hydrogens (tertiary/aromatic N) is 4. The standard InChI is InChI=1S/C19H22N4O4S/c1-12-11-28-19(20-12)16-9-23(6-7-26-16)10-17-21-18(22-27-17)13-4-5-14(24-2)15(8-13)25-3/h4-5,8,11,16H,6-7,9-10H2,1-3H3. The van der Waals surface area contributed by atoms with Gasteiger partial charge in [0.25, 0.3) is 0 Å². The molecule has 8 nitrogen and oxygen atoms in total. The zero-order valence-corrected chi connectivity index (χ0v) is 16.9. The van der Waals surface area contributed by atoms with Crippen LogP contribution in [0.1, 0.15) is 22.7 Å². The molecule has 0 saturated carbocycles. The van der Waals surface area contributed by atoms with Crippen LogP contribution in [0.25, 0.3) is 11.4 Å². The van der Waals surface area contributed by atoms with Crippen LogP contribution in [0.15, 0.2) is 28.1 Å². The van der Waals surface area contributed by atoms with Crippen LogP contribution in [-0.2, 0) is 11.3 Å². The van der Waals surface area contributed by atoms with Crippen LogP contribution in [-0.4, -0.2) is 53.9 Å². The second-order valence-corrected chi connectivity index (χ2v) is 7.39. The Labute approximate surface area is 167 Å². The first-order chi connectivity index (χ1) is 13.7. The molecule has 1 aliphatic rings. The van der Waals surface area contributed by atoms with Crippen LogP contribution in [0, 0.1) is 6.92 Å². The highest BCUT2D eigenvalue weighted by Gasteiger charge is 2.25. The molecule has 1 aliphatic heterocycles. The molecule has 1 fully saturated rings. The van der Waals surface area contributed by atoms with Gasteiger partial charge in [-0.3, -0.25) is 4.90 Å². The van der Waals surface area contributed by atoms with Gasteiger partial charge in [0.1, 0.15) is 11.1 Å². The predicted molar refractivity (Wildman–Crippen MR) is 104 cm³/mol. The van der Waals surface area contributed by atoms with Gasteiger partial charge in [0, 0.05) is 29.7 Å². The molecule has 0 radical (unpaired) electrons. The second-order valence-electron chi connectivity index (χ2n) is 6.50. The van der Waals surface area contributed by atoms with Gasteiger partial charge in [-0.2, -0.15) is 4.98 Å². The minimum Gasteiger partial charge on any atom is -0.493 e. The average molecular weight is 402 g/mol. The predicted octanol–water partition coefficient (Wildman–Crippen LogP) is 3.09. The molecule has 1 saturated heterocycles. The Morgan fingerprint density at radius 1 is 1.21 bits per heavy atom. The lowest BCUT2D eigenvalue weighted by molar-refractivity contribution is -0.0357. The zero-order chi connectivity index (χ0) is 19.5. The Hall–Kier alpha value is -2.49. The SMILES string of the molecule is COc1ccc(-c2noc(CN3CCOC(c4nc(C)cs4)C3)n2)cc1OC. The van der Waals surface area contributed by atoms with Crippen LogP contribution < -0.4 is 9.47 Å². The number of ether oxygens (including phenoxy) is 3. The number of morpholine rings is 1. The molecule has 0 N–H and O–H groups in total. The first-order valence-electron chi connectivity index (χ1n) is 8.97. The molecule has 148 valence electrons. The highest BCUT2D eigenvalue weighted by atomic mass is 32.1. The summed E-state index contributed by atoms with van der Waals surface area (Å²) in [5.74, 6) is 2.38. The van der Waals surface area contributed by atoms with Crippen molar-refractivity contribution in [3.8, 4) is 22.9 Å². The first kappa shape index (κ1) is 18.9. The normalized spacial score (nSPS) is 17.6. The summed E-state index contributed by atoms with van der Waals surface area (Å²) < 4.78 is 22.0. The van der Waals surface area contributed by atoms with E-state index in [1.54, 1.807) is 25.6 Å². The number of benzene rings is 1. The maximum absolute atomic E-state index is 5.88. The summed E-state index contributed by atoms with van der Waals surface area (Å²) in [6.45, 7) is 4.79. The minimum atomic E-state index is -0.0132. The van der Waals surface area contributed by atoms with Crippen molar-refractivity contribution >= 4 is 11.3 Å². The fraction of sp³-hybridized carbons (Fsp3) is 0.421. The summed E-state index contributed by atoms with van der Waals surface area (Å²) in [5.41, 5.74) is 1.84. The topological polar surface area (TPSA) is 82.7 Å². The Bertz CT molecular complexity index is 942. The summed E-state index contributed by atoms with van der Waals surface area (Å²) >= 11 is 1.64. The lowest BCUT2D eigenvalue weighted by atomic mass is 10.2. The van der Waals surface area contributed by atoms with E-state index < -0.39 is 0 Å². The van der Waals surface area contributed by atoms with E-state index in [1.165, 1.54) is 0 Å². The van der Waals surface area contributed by atoms with Crippen molar-refractivity contribution < 1.29 is 18.7 Å². The van der Waals surface area contributed by atoms with Crippen molar-refractivity contribution in [3.05, 3.63) is 40.2 Å². The van der Waals surface area contributed by atoms with E-state index in [4.69, 9.17) is 18.7 Å². The Morgan fingerprint density at radius 3 is 2.82 bits per heavy atom. The summed E-state index contributed by atoms with van der Waals surface area (Å²) in [7, 11) is 3.20. The van der Waals surface area contributed by atoms with Crippen LogP contribution >= 0.6 is 11.3 Å². The lowest BCUT2D eigenvalue weighted by Gasteiger charge is -2.30. The Kier molecular flexibility index (Phi) is 5.56. The molecule has 4 rings (SSSR count). The highest BCUT2D eigenvalue weighted by Crippen LogP contribution is 2.31. The molecular formula is C19H22N4O4S. The molecule has 0 spiro atoms. The number of hydrogen-bond acceptors (Lipinski definition) is 9. The molecule has 1 aromatic carbocycles. The molecule has 1 unspecified atom stereocenters. The number of aromatic nitrogens is 3. The second kappa shape index (κ2) is 8.26. The molecular weight excluding hydrogens is 380 g/mol. The van der Waals surface area contributed by atoms with Gasteiger partial charge in [-0.15, -0.1) is 11.3 Å². The lowest BCUT2D eigenvalue weighted by Crippen LogP contribution is -2.37. The quantitative estimate of drug-likeness (QED) is 0.622. The van der Waals surface area contributed by atoms with E-state index in [0.717, 1.165) is 29.4 Å². The number of thiazole rings is 1. The number of rotatable bonds is 6. The molecule has 3 aromatic rings. The maximum atomic E-state index is 5.88. The largest absolute Gasteiger partial charge is 0.493 e. The van der Waals surface area contributed by atoms with Crippen molar-refractivity contribution in [3.63, 3.8) is 0 Å². The van der Waals surface area contributed by atoms with Crippen LogP contribution in [0.5, 0.6) is 11.5 Å². The monoisotopic (exact) mass is 402 g/mol. The number of hydrogen-bond donors (Lipinski definition) is 0. The van der Waals surface area contributed by atoms with E-state index in [2.05, 4.69) is 20.0 Å². The van der Waals surface area contributed by atoms with E-state index in [0.29, 0.717) is 36.4 Å².